The molecule has 0 N–H and O–H groups in total. The Bertz CT molecular complexity index is 1120. The monoisotopic (exact) mass is 588 g/mol. The van der Waals surface area contributed by atoms with Crippen LogP contribution in [0, 0.1) is 29.4 Å². The Labute approximate surface area is 235 Å². The van der Waals surface area contributed by atoms with Gasteiger partial charge in [-0.3, -0.25) is 0 Å². The Morgan fingerprint density at radius 3 is 2.02 bits per heavy atom. The average Bonchev–Trinajstić information content (AvgIpc) is 2.91. The van der Waals surface area contributed by atoms with E-state index in [1.54, 1.807) is 24.3 Å². The summed E-state index contributed by atoms with van der Waals surface area (Å²) >= 11 is 0. The fourth-order valence-corrected chi connectivity index (χ4v) is 5.54. The van der Waals surface area contributed by atoms with Crippen molar-refractivity contribution >= 4 is 6.08 Å². The van der Waals surface area contributed by atoms with E-state index in [1.807, 2.05) is 6.08 Å². The number of halogens is 7. The van der Waals surface area contributed by atoms with Gasteiger partial charge < -0.3 is 9.47 Å². The molecule has 3 nitrogen and oxygen atoms in total. The minimum Gasteiger partial charge on any atom is -0.352 e. The van der Waals surface area contributed by atoms with Crippen LogP contribution in [0.15, 0.2) is 42.5 Å². The van der Waals surface area contributed by atoms with Crippen LogP contribution in [0.3, 0.4) is 0 Å². The average molecular weight is 589 g/mol. The van der Waals surface area contributed by atoms with Gasteiger partial charge in [-0.1, -0.05) is 62.6 Å². The summed E-state index contributed by atoms with van der Waals surface area (Å²) in [6.45, 7) is 3.74. The van der Waals surface area contributed by atoms with E-state index in [1.165, 1.54) is 19.3 Å². The lowest BCUT2D eigenvalue weighted by atomic mass is 9.81. The normalized spacial score (nSPS) is 24.2. The third-order valence-electron chi connectivity index (χ3n) is 7.79. The SMILES string of the molecule is CCCCCC1COC(C2CCC(C=Cc3ccc(-c4cc(F)c(C(F)(F)OC(F)(F)F)c(F)c4)cc3)CC2)OC1. The van der Waals surface area contributed by atoms with Gasteiger partial charge in [-0.05, 0) is 66.8 Å². The maximum atomic E-state index is 14.3. The van der Waals surface area contributed by atoms with E-state index >= 15 is 0 Å². The maximum Gasteiger partial charge on any atom is 0.527 e. The largest absolute Gasteiger partial charge is 0.527 e. The molecule has 1 aliphatic heterocycles. The Morgan fingerprint density at radius 1 is 0.854 bits per heavy atom. The van der Waals surface area contributed by atoms with Gasteiger partial charge in [0.25, 0.3) is 0 Å². The van der Waals surface area contributed by atoms with Gasteiger partial charge in [0, 0.05) is 11.8 Å². The minimum absolute atomic E-state index is 0.0974. The highest BCUT2D eigenvalue weighted by atomic mass is 19.4. The number of rotatable bonds is 10. The summed E-state index contributed by atoms with van der Waals surface area (Å²) < 4.78 is 108. The number of benzene rings is 2. The molecular formula is C31H35F7O3. The van der Waals surface area contributed by atoms with Crippen LogP contribution in [0.4, 0.5) is 30.7 Å². The maximum absolute atomic E-state index is 14.3. The van der Waals surface area contributed by atoms with Crippen LogP contribution in [-0.4, -0.2) is 25.9 Å². The molecule has 0 amide bonds. The predicted octanol–water partition coefficient (Wildman–Crippen LogP) is 9.61. The highest BCUT2D eigenvalue weighted by Gasteiger charge is 2.49. The van der Waals surface area contributed by atoms with Gasteiger partial charge in [-0.15, -0.1) is 13.2 Å². The van der Waals surface area contributed by atoms with Gasteiger partial charge in [0.2, 0.25) is 0 Å². The molecule has 10 heteroatoms. The van der Waals surface area contributed by atoms with Gasteiger partial charge in [-0.25, -0.2) is 13.5 Å². The zero-order valence-electron chi connectivity index (χ0n) is 22.9. The molecule has 1 heterocycles. The standard InChI is InChI=1S/C31H35F7O3/c1-2-3-4-5-22-18-39-29(40-19-22)24-14-10-21(11-15-24)7-6-20-8-12-23(13-9-20)25-16-26(32)28(27(33)17-25)30(34,35)41-31(36,37)38/h6-9,12-13,16-17,21-22,24,29H,2-5,10-11,14-15,18-19H2,1H3. The fourth-order valence-electron chi connectivity index (χ4n) is 5.54. The first kappa shape index (κ1) is 31.5. The second-order valence-electron chi connectivity index (χ2n) is 10.9. The first-order chi connectivity index (χ1) is 19.4. The number of ether oxygens (including phenoxy) is 3. The van der Waals surface area contributed by atoms with E-state index in [0.29, 0.717) is 35.4 Å². The Morgan fingerprint density at radius 2 is 1.46 bits per heavy atom. The van der Waals surface area contributed by atoms with Gasteiger partial charge >= 0.3 is 12.5 Å². The Hall–Kier alpha value is -2.43. The van der Waals surface area contributed by atoms with Gasteiger partial charge in [0.05, 0.1) is 13.2 Å². The lowest BCUT2D eigenvalue weighted by Crippen LogP contribution is -2.38. The first-order valence-corrected chi connectivity index (χ1v) is 14.1. The molecule has 1 aliphatic carbocycles. The van der Waals surface area contributed by atoms with Crippen molar-refractivity contribution in [2.75, 3.05) is 13.2 Å². The van der Waals surface area contributed by atoms with Crippen LogP contribution < -0.4 is 0 Å². The molecule has 2 aliphatic rings. The zero-order chi connectivity index (χ0) is 29.6. The topological polar surface area (TPSA) is 27.7 Å². The number of alkyl halides is 5. The van der Waals surface area contributed by atoms with E-state index in [-0.39, 0.29) is 11.9 Å². The molecule has 0 unspecified atom stereocenters. The van der Waals surface area contributed by atoms with Crippen molar-refractivity contribution in [1.29, 1.82) is 0 Å². The van der Waals surface area contributed by atoms with Crippen LogP contribution >= 0.6 is 0 Å². The zero-order valence-corrected chi connectivity index (χ0v) is 22.9. The highest BCUT2D eigenvalue weighted by molar-refractivity contribution is 5.66. The van der Waals surface area contributed by atoms with Crippen molar-refractivity contribution < 1.29 is 44.9 Å². The van der Waals surface area contributed by atoms with Crippen molar-refractivity contribution in [1.82, 2.24) is 0 Å². The quantitative estimate of drug-likeness (QED) is 0.204. The first-order valence-electron chi connectivity index (χ1n) is 14.1. The van der Waals surface area contributed by atoms with Crippen LogP contribution in [0.1, 0.15) is 69.4 Å². The molecule has 2 fully saturated rings. The molecule has 0 radical (unpaired) electrons. The van der Waals surface area contributed by atoms with E-state index < -0.39 is 29.7 Å². The van der Waals surface area contributed by atoms with Crippen LogP contribution in [-0.2, 0) is 20.3 Å². The van der Waals surface area contributed by atoms with E-state index in [4.69, 9.17) is 9.47 Å². The predicted molar refractivity (Wildman–Crippen MR) is 141 cm³/mol. The van der Waals surface area contributed by atoms with Crippen LogP contribution in [0.25, 0.3) is 17.2 Å². The number of unbranched alkanes of at least 4 members (excludes halogenated alkanes) is 2. The van der Waals surface area contributed by atoms with E-state index in [9.17, 15) is 30.7 Å². The molecule has 0 atom stereocenters. The summed E-state index contributed by atoms with van der Waals surface area (Å²) in [5, 5.41) is 0. The third kappa shape index (κ3) is 8.78. The third-order valence-corrected chi connectivity index (χ3v) is 7.79. The molecule has 226 valence electrons. The smallest absolute Gasteiger partial charge is 0.352 e. The molecule has 4 rings (SSSR count). The lowest BCUT2D eigenvalue weighted by molar-refractivity contribution is -0.432. The van der Waals surface area contributed by atoms with E-state index in [2.05, 4.69) is 17.7 Å². The van der Waals surface area contributed by atoms with Gasteiger partial charge in [0.1, 0.15) is 17.2 Å². The Balaban J connectivity index is 1.29. The molecule has 0 spiro atoms. The molecule has 1 saturated heterocycles. The molecule has 0 bridgehead atoms. The lowest BCUT2D eigenvalue weighted by Gasteiger charge is -2.37. The molecule has 0 aromatic heterocycles. The van der Waals surface area contributed by atoms with Crippen molar-refractivity contribution in [3.05, 3.63) is 65.2 Å². The van der Waals surface area contributed by atoms with Crippen molar-refractivity contribution in [3.63, 3.8) is 0 Å². The molecule has 41 heavy (non-hydrogen) atoms. The summed E-state index contributed by atoms with van der Waals surface area (Å²) in [5.74, 6) is -2.41. The summed E-state index contributed by atoms with van der Waals surface area (Å²) in [5.41, 5.74) is -1.04. The Kier molecular flexibility index (Phi) is 10.5. The van der Waals surface area contributed by atoms with E-state index in [0.717, 1.165) is 50.9 Å². The number of hydrogen-bond donors (Lipinski definition) is 0. The number of allylic oxidation sites excluding steroid dienone is 1. The molecule has 1 saturated carbocycles. The summed E-state index contributed by atoms with van der Waals surface area (Å²) in [6.07, 6.45) is 1.84. The highest BCUT2D eigenvalue weighted by Crippen LogP contribution is 2.40. The summed E-state index contributed by atoms with van der Waals surface area (Å²) in [7, 11) is 0. The number of hydrogen-bond acceptors (Lipinski definition) is 3. The molecule has 2 aromatic carbocycles. The van der Waals surface area contributed by atoms with Crippen molar-refractivity contribution in [3.8, 4) is 11.1 Å². The fraction of sp³-hybridized carbons (Fsp3) is 0.548. The van der Waals surface area contributed by atoms with Crippen LogP contribution in [0.5, 0.6) is 0 Å². The summed E-state index contributed by atoms with van der Waals surface area (Å²) in [6, 6.07) is 7.65. The second-order valence-corrected chi connectivity index (χ2v) is 10.9. The minimum atomic E-state index is -5.78. The van der Waals surface area contributed by atoms with Gasteiger partial charge in [-0.2, -0.15) is 8.78 Å². The molecule has 2 aromatic rings. The summed E-state index contributed by atoms with van der Waals surface area (Å²) in [4.78, 5) is 0. The molecular weight excluding hydrogens is 553 g/mol. The van der Waals surface area contributed by atoms with Crippen LogP contribution in [0.2, 0.25) is 0 Å². The second kappa shape index (κ2) is 13.7. The van der Waals surface area contributed by atoms with Crippen molar-refractivity contribution in [2.24, 2.45) is 17.8 Å². The van der Waals surface area contributed by atoms with Gasteiger partial charge in [0.15, 0.2) is 6.29 Å². The van der Waals surface area contributed by atoms with Crippen molar-refractivity contribution in [2.45, 2.75) is 77.1 Å².